The summed E-state index contributed by atoms with van der Waals surface area (Å²) in [6, 6.07) is 15.6. The van der Waals surface area contributed by atoms with E-state index in [1.165, 1.54) is 29.8 Å². The second-order valence-electron chi connectivity index (χ2n) is 5.30. The fourth-order valence-corrected chi connectivity index (χ4v) is 2.85. The second-order valence-corrected chi connectivity index (χ2v) is 6.86. The van der Waals surface area contributed by atoms with Gasteiger partial charge in [0, 0.05) is 18.0 Å². The molecule has 6 heteroatoms. The standard InChI is InChI=1S/C17H20N2O3S/c1-2-13(14-6-4-3-5-7-14)12-19-17(20)15-8-10-16(11-9-15)23(18,21)22/h3-11,13H,2,12H2,1H3,(H,19,20)(H2,18,21,22). The minimum absolute atomic E-state index is 0.00947. The Morgan fingerprint density at radius 1 is 1.09 bits per heavy atom. The van der Waals surface area contributed by atoms with Crippen LogP contribution in [0.15, 0.2) is 59.5 Å². The number of carbonyl (C=O) groups is 1. The van der Waals surface area contributed by atoms with Crippen LogP contribution >= 0.6 is 0 Å². The molecule has 1 amide bonds. The lowest BCUT2D eigenvalue weighted by Gasteiger charge is -2.16. The molecule has 1 unspecified atom stereocenters. The van der Waals surface area contributed by atoms with Crippen LogP contribution in [0.4, 0.5) is 0 Å². The van der Waals surface area contributed by atoms with Gasteiger partial charge in [0.2, 0.25) is 10.0 Å². The van der Waals surface area contributed by atoms with Crippen LogP contribution in [0.3, 0.4) is 0 Å². The molecule has 5 nitrogen and oxygen atoms in total. The molecule has 3 N–H and O–H groups in total. The first-order chi connectivity index (χ1) is 10.9. The molecule has 0 heterocycles. The topological polar surface area (TPSA) is 89.3 Å². The van der Waals surface area contributed by atoms with Crippen molar-refractivity contribution < 1.29 is 13.2 Å². The summed E-state index contributed by atoms with van der Waals surface area (Å²) in [5, 5.41) is 7.92. The van der Waals surface area contributed by atoms with E-state index in [0.717, 1.165) is 6.42 Å². The molecule has 0 saturated carbocycles. The number of benzene rings is 2. The van der Waals surface area contributed by atoms with Gasteiger partial charge in [-0.05, 0) is 36.2 Å². The number of sulfonamides is 1. The first-order valence-corrected chi connectivity index (χ1v) is 8.92. The van der Waals surface area contributed by atoms with Crippen molar-refractivity contribution in [3.05, 3.63) is 65.7 Å². The third-order valence-corrected chi connectivity index (χ3v) is 4.65. The van der Waals surface area contributed by atoms with Crippen LogP contribution in [0, 0.1) is 0 Å². The maximum atomic E-state index is 12.2. The quantitative estimate of drug-likeness (QED) is 0.850. The monoisotopic (exact) mass is 332 g/mol. The molecule has 0 aliphatic rings. The van der Waals surface area contributed by atoms with Crippen LogP contribution in [-0.2, 0) is 10.0 Å². The van der Waals surface area contributed by atoms with Gasteiger partial charge in [-0.1, -0.05) is 37.3 Å². The molecule has 0 aliphatic heterocycles. The van der Waals surface area contributed by atoms with Gasteiger partial charge in [0.1, 0.15) is 0 Å². The highest BCUT2D eigenvalue weighted by molar-refractivity contribution is 7.89. The SMILES string of the molecule is CCC(CNC(=O)c1ccc(S(N)(=O)=O)cc1)c1ccccc1. The molecule has 2 aromatic carbocycles. The van der Waals surface area contributed by atoms with Crippen molar-refractivity contribution in [3.63, 3.8) is 0 Å². The smallest absolute Gasteiger partial charge is 0.251 e. The maximum Gasteiger partial charge on any atom is 0.251 e. The van der Waals surface area contributed by atoms with Crippen LogP contribution in [0.2, 0.25) is 0 Å². The molecule has 0 aliphatic carbocycles. The third kappa shape index (κ3) is 4.64. The zero-order valence-corrected chi connectivity index (χ0v) is 13.7. The summed E-state index contributed by atoms with van der Waals surface area (Å²) in [6.07, 6.45) is 0.911. The number of hydrogen-bond donors (Lipinski definition) is 2. The van der Waals surface area contributed by atoms with Crippen molar-refractivity contribution in [2.75, 3.05) is 6.54 Å². The van der Waals surface area contributed by atoms with Gasteiger partial charge in [0.05, 0.1) is 4.90 Å². The Balaban J connectivity index is 2.01. The average molecular weight is 332 g/mol. The summed E-state index contributed by atoms with van der Waals surface area (Å²) in [7, 11) is -3.74. The molecule has 1 atom stereocenters. The van der Waals surface area contributed by atoms with E-state index in [1.54, 1.807) is 0 Å². The number of hydrogen-bond acceptors (Lipinski definition) is 3. The summed E-state index contributed by atoms with van der Waals surface area (Å²) in [5.41, 5.74) is 1.58. The van der Waals surface area contributed by atoms with Gasteiger partial charge in [-0.15, -0.1) is 0 Å². The second kappa shape index (κ2) is 7.39. The number of rotatable bonds is 6. The molecule has 122 valence electrons. The number of nitrogens with one attached hydrogen (secondary N) is 1. The molecule has 23 heavy (non-hydrogen) atoms. The fraction of sp³-hybridized carbons (Fsp3) is 0.235. The van der Waals surface area contributed by atoms with Crippen molar-refractivity contribution in [2.45, 2.75) is 24.2 Å². The fourth-order valence-electron chi connectivity index (χ4n) is 2.34. The normalized spacial score (nSPS) is 12.6. The Morgan fingerprint density at radius 3 is 2.22 bits per heavy atom. The lowest BCUT2D eigenvalue weighted by molar-refractivity contribution is 0.0951. The van der Waals surface area contributed by atoms with E-state index in [0.29, 0.717) is 12.1 Å². The molecule has 0 fully saturated rings. The number of nitrogens with two attached hydrogens (primary N) is 1. The van der Waals surface area contributed by atoms with Crippen molar-refractivity contribution >= 4 is 15.9 Å². The van der Waals surface area contributed by atoms with E-state index < -0.39 is 10.0 Å². The Bertz CT molecular complexity index is 756. The van der Waals surface area contributed by atoms with E-state index in [9.17, 15) is 13.2 Å². The van der Waals surface area contributed by atoms with Crippen LogP contribution in [0.25, 0.3) is 0 Å². The summed E-state index contributed by atoms with van der Waals surface area (Å²) in [4.78, 5) is 12.2. The number of amides is 1. The molecular formula is C17H20N2O3S. The van der Waals surface area contributed by atoms with E-state index in [-0.39, 0.29) is 16.7 Å². The Labute approximate surface area is 136 Å². The van der Waals surface area contributed by atoms with Gasteiger partial charge in [-0.25, -0.2) is 13.6 Å². The van der Waals surface area contributed by atoms with Crippen LogP contribution < -0.4 is 10.5 Å². The lowest BCUT2D eigenvalue weighted by Crippen LogP contribution is -2.28. The zero-order chi connectivity index (χ0) is 16.9. The molecule has 2 aromatic rings. The summed E-state index contributed by atoms with van der Waals surface area (Å²) in [6.45, 7) is 2.60. The molecule has 0 saturated heterocycles. The minimum Gasteiger partial charge on any atom is -0.351 e. The van der Waals surface area contributed by atoms with Gasteiger partial charge < -0.3 is 5.32 Å². The summed E-state index contributed by atoms with van der Waals surface area (Å²) < 4.78 is 22.4. The minimum atomic E-state index is -3.74. The Kier molecular flexibility index (Phi) is 5.52. The molecule has 0 spiro atoms. The van der Waals surface area contributed by atoms with Gasteiger partial charge in [0.25, 0.3) is 5.91 Å². The molecule has 0 radical (unpaired) electrons. The number of primary sulfonamides is 1. The molecule has 0 bridgehead atoms. The summed E-state index contributed by atoms with van der Waals surface area (Å²) in [5.74, 6) is 0.00388. The molecular weight excluding hydrogens is 312 g/mol. The maximum absolute atomic E-state index is 12.2. The van der Waals surface area contributed by atoms with Gasteiger partial charge in [-0.2, -0.15) is 0 Å². The van der Waals surface area contributed by atoms with Crippen LogP contribution in [0.5, 0.6) is 0 Å². The highest BCUT2D eigenvalue weighted by Crippen LogP contribution is 2.18. The highest BCUT2D eigenvalue weighted by Gasteiger charge is 2.13. The van der Waals surface area contributed by atoms with E-state index in [2.05, 4.69) is 12.2 Å². The Morgan fingerprint density at radius 2 is 1.70 bits per heavy atom. The van der Waals surface area contributed by atoms with E-state index in [4.69, 9.17) is 5.14 Å². The van der Waals surface area contributed by atoms with Crippen molar-refractivity contribution in [3.8, 4) is 0 Å². The average Bonchev–Trinajstić information content (AvgIpc) is 2.55. The molecule has 2 rings (SSSR count). The van der Waals surface area contributed by atoms with Gasteiger partial charge >= 0.3 is 0 Å². The van der Waals surface area contributed by atoms with Crippen molar-refractivity contribution in [2.24, 2.45) is 5.14 Å². The van der Waals surface area contributed by atoms with Crippen LogP contribution in [-0.4, -0.2) is 20.9 Å². The predicted octanol–water partition coefficient (Wildman–Crippen LogP) is 2.26. The largest absolute Gasteiger partial charge is 0.351 e. The number of carbonyl (C=O) groups excluding carboxylic acids is 1. The lowest BCUT2D eigenvalue weighted by atomic mass is 9.96. The molecule has 0 aromatic heterocycles. The first-order valence-electron chi connectivity index (χ1n) is 7.38. The van der Waals surface area contributed by atoms with Crippen molar-refractivity contribution in [1.29, 1.82) is 0 Å². The first kappa shape index (κ1) is 17.2. The van der Waals surface area contributed by atoms with E-state index >= 15 is 0 Å². The highest BCUT2D eigenvalue weighted by atomic mass is 32.2. The third-order valence-electron chi connectivity index (χ3n) is 3.72. The van der Waals surface area contributed by atoms with Gasteiger partial charge in [-0.3, -0.25) is 4.79 Å². The summed E-state index contributed by atoms with van der Waals surface area (Å²) >= 11 is 0. The zero-order valence-electron chi connectivity index (χ0n) is 12.9. The van der Waals surface area contributed by atoms with Crippen molar-refractivity contribution in [1.82, 2.24) is 5.32 Å². The Hall–Kier alpha value is -2.18. The van der Waals surface area contributed by atoms with E-state index in [1.807, 2.05) is 30.3 Å². The van der Waals surface area contributed by atoms with Crippen LogP contribution in [0.1, 0.15) is 35.2 Å². The predicted molar refractivity (Wildman–Crippen MR) is 89.6 cm³/mol. The van der Waals surface area contributed by atoms with Gasteiger partial charge in [0.15, 0.2) is 0 Å².